The van der Waals surface area contributed by atoms with Gasteiger partial charge in [-0.3, -0.25) is 19.2 Å². The second-order valence-corrected chi connectivity index (χ2v) is 12.2. The summed E-state index contributed by atoms with van der Waals surface area (Å²) in [5.74, 6) is -4.77. The molecular formula is C26H38O8S2. The molecule has 1 rings (SSSR count). The van der Waals surface area contributed by atoms with E-state index in [1.54, 1.807) is 55.4 Å². The Morgan fingerprint density at radius 2 is 0.917 bits per heavy atom. The normalized spacial score (nSPS) is 11.8. The first-order valence-corrected chi connectivity index (χ1v) is 13.6. The summed E-state index contributed by atoms with van der Waals surface area (Å²) < 4.78 is 18.8. The molecule has 10 heteroatoms. The lowest BCUT2D eigenvalue weighted by Gasteiger charge is -2.31. The number of carbonyl (C=O) groups is 4. The minimum Gasteiger partial charge on any atom is -0.465 e. The number of thioether (sulfide) groups is 2. The summed E-state index contributed by atoms with van der Waals surface area (Å²) in [5, 5.41) is 0. The van der Waals surface area contributed by atoms with Crippen molar-refractivity contribution in [3.05, 3.63) is 24.3 Å². The molecule has 0 N–H and O–H groups in total. The lowest BCUT2D eigenvalue weighted by Crippen LogP contribution is -2.42. The predicted octanol–water partition coefficient (Wildman–Crippen LogP) is 4.91. The highest BCUT2D eigenvalue weighted by atomic mass is 32.2. The van der Waals surface area contributed by atoms with E-state index >= 15 is 0 Å². The van der Waals surface area contributed by atoms with E-state index in [9.17, 15) is 19.2 Å². The first-order chi connectivity index (χ1) is 16.8. The topological polar surface area (TPSA) is 105 Å². The zero-order chi connectivity index (χ0) is 27.5. The molecule has 0 radical (unpaired) electrons. The van der Waals surface area contributed by atoms with E-state index in [1.165, 1.54) is 23.5 Å². The molecule has 0 saturated heterocycles. The van der Waals surface area contributed by atoms with Crippen LogP contribution in [0.4, 0.5) is 0 Å². The number of benzene rings is 1. The lowest BCUT2D eigenvalue weighted by molar-refractivity contribution is -0.164. The van der Waals surface area contributed by atoms with Crippen LogP contribution in [0.3, 0.4) is 0 Å². The third-order valence-electron chi connectivity index (χ3n) is 5.05. The molecule has 0 atom stereocenters. The van der Waals surface area contributed by atoms with E-state index in [4.69, 9.17) is 18.9 Å². The third kappa shape index (κ3) is 9.03. The van der Waals surface area contributed by atoms with E-state index in [2.05, 4.69) is 0 Å². The van der Waals surface area contributed by atoms with Gasteiger partial charge in [-0.1, -0.05) is 6.07 Å². The Bertz CT molecular complexity index is 808. The molecule has 202 valence electrons. The van der Waals surface area contributed by atoms with Crippen LogP contribution in [0, 0.1) is 11.8 Å². The average molecular weight is 543 g/mol. The molecule has 1 aromatic carbocycles. The summed E-state index contributed by atoms with van der Waals surface area (Å²) in [5.41, 5.74) is 0. The SMILES string of the molecule is CCOC(=O)C(C(=O)OCC)C(C)(C)Sc1cccc(SC(C)(C)C(C(=O)OCC)C(=O)OCC)c1. The minimum atomic E-state index is -1.12. The van der Waals surface area contributed by atoms with Gasteiger partial charge in [0.05, 0.1) is 26.4 Å². The third-order valence-corrected chi connectivity index (χ3v) is 7.55. The van der Waals surface area contributed by atoms with Gasteiger partial charge in [0.25, 0.3) is 0 Å². The lowest BCUT2D eigenvalue weighted by atomic mass is 9.95. The van der Waals surface area contributed by atoms with Crippen molar-refractivity contribution in [1.29, 1.82) is 0 Å². The van der Waals surface area contributed by atoms with E-state index in [-0.39, 0.29) is 26.4 Å². The van der Waals surface area contributed by atoms with Crippen LogP contribution in [0.5, 0.6) is 0 Å². The molecule has 0 aromatic heterocycles. The summed E-state index contributed by atoms with van der Waals surface area (Å²) >= 11 is 2.68. The van der Waals surface area contributed by atoms with E-state index in [1.807, 2.05) is 24.3 Å². The average Bonchev–Trinajstić information content (AvgIpc) is 2.73. The van der Waals surface area contributed by atoms with Crippen molar-refractivity contribution in [1.82, 2.24) is 0 Å². The van der Waals surface area contributed by atoms with Gasteiger partial charge in [0.1, 0.15) is 0 Å². The second-order valence-electron chi connectivity index (χ2n) is 8.76. The first kappa shape index (κ1) is 31.8. The van der Waals surface area contributed by atoms with Crippen molar-refractivity contribution in [3.63, 3.8) is 0 Å². The Morgan fingerprint density at radius 1 is 0.639 bits per heavy atom. The quantitative estimate of drug-likeness (QED) is 0.139. The summed E-state index contributed by atoms with van der Waals surface area (Å²) in [6.07, 6.45) is 0. The first-order valence-electron chi connectivity index (χ1n) is 12.0. The van der Waals surface area contributed by atoms with Crippen LogP contribution in [0.2, 0.25) is 0 Å². The summed E-state index contributed by atoms with van der Waals surface area (Å²) in [6, 6.07) is 7.46. The molecule has 0 unspecified atom stereocenters. The smallest absolute Gasteiger partial charge is 0.321 e. The molecule has 36 heavy (non-hydrogen) atoms. The fourth-order valence-electron chi connectivity index (χ4n) is 3.56. The maximum Gasteiger partial charge on any atom is 0.321 e. The van der Waals surface area contributed by atoms with Gasteiger partial charge in [-0.2, -0.15) is 0 Å². The Hall–Kier alpha value is -2.20. The Balaban J connectivity index is 3.23. The van der Waals surface area contributed by atoms with Crippen LogP contribution in [0.25, 0.3) is 0 Å². The van der Waals surface area contributed by atoms with Gasteiger partial charge in [0.2, 0.25) is 0 Å². The van der Waals surface area contributed by atoms with Gasteiger partial charge >= 0.3 is 23.9 Å². The molecular weight excluding hydrogens is 504 g/mol. The molecule has 8 nitrogen and oxygen atoms in total. The molecule has 0 aliphatic heterocycles. The number of ether oxygens (including phenoxy) is 4. The van der Waals surface area contributed by atoms with Crippen LogP contribution in [0.15, 0.2) is 34.1 Å². The summed E-state index contributed by atoms with van der Waals surface area (Å²) in [4.78, 5) is 52.1. The standard InChI is InChI=1S/C26H38O8S2/c1-9-31-21(27)19(22(28)32-10-2)25(5,6)35-17-14-13-15-18(16-17)36-26(7,8)20(23(29)33-11-3)24(30)34-12-4/h13-16,19-20H,9-12H2,1-8H3. The van der Waals surface area contributed by atoms with Crippen LogP contribution < -0.4 is 0 Å². The van der Waals surface area contributed by atoms with Gasteiger partial charge in [-0.25, -0.2) is 0 Å². The van der Waals surface area contributed by atoms with Crippen molar-refractivity contribution in [2.45, 2.75) is 74.7 Å². The van der Waals surface area contributed by atoms with Crippen LogP contribution in [-0.4, -0.2) is 59.8 Å². The zero-order valence-corrected chi connectivity index (χ0v) is 24.0. The molecule has 0 fully saturated rings. The monoisotopic (exact) mass is 542 g/mol. The van der Waals surface area contributed by atoms with E-state index in [0.29, 0.717) is 0 Å². The van der Waals surface area contributed by atoms with E-state index < -0.39 is 45.2 Å². The minimum absolute atomic E-state index is 0.152. The molecule has 0 spiro atoms. The Kier molecular flexibility index (Phi) is 12.8. The Morgan fingerprint density at radius 3 is 1.17 bits per heavy atom. The number of carbonyl (C=O) groups excluding carboxylic acids is 4. The number of hydrogen-bond donors (Lipinski definition) is 0. The molecule has 0 amide bonds. The molecule has 0 heterocycles. The molecule has 0 aliphatic rings. The van der Waals surface area contributed by atoms with Crippen molar-refractivity contribution in [2.24, 2.45) is 11.8 Å². The zero-order valence-electron chi connectivity index (χ0n) is 22.4. The van der Waals surface area contributed by atoms with Gasteiger partial charge in [-0.05, 0) is 73.6 Å². The second kappa shape index (κ2) is 14.5. The largest absolute Gasteiger partial charge is 0.465 e. The maximum atomic E-state index is 12.6. The van der Waals surface area contributed by atoms with Crippen LogP contribution in [0.1, 0.15) is 55.4 Å². The number of esters is 4. The highest BCUT2D eigenvalue weighted by Gasteiger charge is 2.45. The molecule has 1 aromatic rings. The molecule has 0 aliphatic carbocycles. The Labute approximate surface area is 222 Å². The van der Waals surface area contributed by atoms with Crippen LogP contribution in [-0.2, 0) is 38.1 Å². The van der Waals surface area contributed by atoms with E-state index in [0.717, 1.165) is 9.79 Å². The summed E-state index contributed by atoms with van der Waals surface area (Å²) in [7, 11) is 0. The predicted molar refractivity (Wildman–Crippen MR) is 140 cm³/mol. The maximum absolute atomic E-state index is 12.6. The highest BCUT2D eigenvalue weighted by Crippen LogP contribution is 2.44. The van der Waals surface area contributed by atoms with Gasteiger partial charge < -0.3 is 18.9 Å². The van der Waals surface area contributed by atoms with Crippen LogP contribution >= 0.6 is 23.5 Å². The fourth-order valence-corrected chi connectivity index (χ4v) is 6.13. The highest BCUT2D eigenvalue weighted by molar-refractivity contribution is 8.01. The fraction of sp³-hybridized carbons (Fsp3) is 0.615. The molecule has 0 bridgehead atoms. The van der Waals surface area contributed by atoms with Crippen molar-refractivity contribution in [3.8, 4) is 0 Å². The van der Waals surface area contributed by atoms with Crippen molar-refractivity contribution >= 4 is 47.4 Å². The van der Waals surface area contributed by atoms with Gasteiger partial charge in [0.15, 0.2) is 11.8 Å². The van der Waals surface area contributed by atoms with Crippen molar-refractivity contribution in [2.75, 3.05) is 26.4 Å². The number of rotatable bonds is 14. The number of hydrogen-bond acceptors (Lipinski definition) is 10. The molecule has 0 saturated carbocycles. The van der Waals surface area contributed by atoms with Gasteiger partial charge in [0, 0.05) is 19.3 Å². The van der Waals surface area contributed by atoms with Gasteiger partial charge in [-0.15, -0.1) is 23.5 Å². The van der Waals surface area contributed by atoms with Crippen molar-refractivity contribution < 1.29 is 38.1 Å². The summed E-state index contributed by atoms with van der Waals surface area (Å²) in [6.45, 7) is 14.5.